The fourth-order valence-corrected chi connectivity index (χ4v) is 6.82. The number of ether oxygens (including phenoxy) is 1. The molecule has 4 bridgehead atoms. The molecule has 104 valence electrons. The van der Waals surface area contributed by atoms with Crippen molar-refractivity contribution in [3.8, 4) is 0 Å². The Hall–Kier alpha value is -0.480. The number of hydrogen-bond donors (Lipinski definition) is 1. The van der Waals surface area contributed by atoms with Gasteiger partial charge in [-0.15, -0.1) is 11.8 Å². The van der Waals surface area contributed by atoms with E-state index in [0.717, 1.165) is 29.4 Å². The minimum absolute atomic E-state index is 0.00356. The van der Waals surface area contributed by atoms with Crippen molar-refractivity contribution in [2.75, 3.05) is 13.2 Å². The molecule has 2 heterocycles. The van der Waals surface area contributed by atoms with Crippen molar-refractivity contribution in [1.29, 1.82) is 0 Å². The normalized spacial score (nSPS) is 48.8. The maximum absolute atomic E-state index is 12.2. The summed E-state index contributed by atoms with van der Waals surface area (Å²) in [4.78, 5) is 12.2. The van der Waals surface area contributed by atoms with Gasteiger partial charge in [-0.25, -0.2) is 0 Å². The van der Waals surface area contributed by atoms with Crippen LogP contribution in [0.15, 0.2) is 12.2 Å². The molecule has 0 amide bonds. The summed E-state index contributed by atoms with van der Waals surface area (Å²) in [6, 6.07) is 0. The van der Waals surface area contributed by atoms with Crippen LogP contribution in [0.1, 0.15) is 19.3 Å². The molecule has 3 nitrogen and oxygen atoms in total. The third-order valence-corrected chi connectivity index (χ3v) is 7.12. The van der Waals surface area contributed by atoms with E-state index in [0.29, 0.717) is 24.2 Å². The third kappa shape index (κ3) is 1.72. The van der Waals surface area contributed by atoms with Crippen LogP contribution >= 0.6 is 11.8 Å². The van der Waals surface area contributed by atoms with E-state index in [-0.39, 0.29) is 18.5 Å². The van der Waals surface area contributed by atoms with Gasteiger partial charge in [0.2, 0.25) is 0 Å². The average molecular weight is 280 g/mol. The number of fused-ring (bicyclic) bond motifs is 9. The Kier molecular flexibility index (Phi) is 2.92. The second kappa shape index (κ2) is 4.52. The standard InChI is InChI=1S/C15H20O3S/c16-4-1-5-18-15(17)10-7-8-6-9(10)14-12-3-2-11(19-12)13(8)14/h2-3,8-14,16H,1,4-7H2. The number of rotatable bonds is 4. The van der Waals surface area contributed by atoms with Gasteiger partial charge in [-0.1, -0.05) is 12.2 Å². The molecule has 0 aromatic rings. The fraction of sp³-hybridized carbons (Fsp3) is 0.800. The molecular weight excluding hydrogens is 260 g/mol. The number of aliphatic hydroxyl groups is 1. The number of esters is 1. The number of aliphatic hydroxyl groups excluding tert-OH is 1. The lowest BCUT2D eigenvalue weighted by atomic mass is 9.69. The van der Waals surface area contributed by atoms with E-state index in [4.69, 9.17) is 9.84 Å². The summed E-state index contributed by atoms with van der Waals surface area (Å²) in [6.45, 7) is 0.470. The van der Waals surface area contributed by atoms with E-state index in [1.165, 1.54) is 6.42 Å². The van der Waals surface area contributed by atoms with Gasteiger partial charge in [0.15, 0.2) is 0 Å². The monoisotopic (exact) mass is 280 g/mol. The van der Waals surface area contributed by atoms with Gasteiger partial charge in [0, 0.05) is 23.5 Å². The molecule has 4 aliphatic rings. The molecule has 4 rings (SSSR count). The van der Waals surface area contributed by atoms with E-state index >= 15 is 0 Å². The second-order valence-corrected chi connectivity index (χ2v) is 7.71. The zero-order chi connectivity index (χ0) is 13.0. The van der Waals surface area contributed by atoms with E-state index in [9.17, 15) is 4.79 Å². The lowest BCUT2D eigenvalue weighted by molar-refractivity contribution is -0.151. The minimum atomic E-state index is -0.00356. The van der Waals surface area contributed by atoms with Crippen molar-refractivity contribution in [2.45, 2.75) is 29.8 Å². The van der Waals surface area contributed by atoms with Crippen molar-refractivity contribution >= 4 is 17.7 Å². The largest absolute Gasteiger partial charge is 0.465 e. The van der Waals surface area contributed by atoms with Gasteiger partial charge < -0.3 is 9.84 Å². The number of thioether (sulfide) groups is 1. The molecule has 4 heteroatoms. The Morgan fingerprint density at radius 2 is 2.05 bits per heavy atom. The molecule has 2 aliphatic heterocycles. The summed E-state index contributed by atoms with van der Waals surface area (Å²) in [5.74, 6) is 3.01. The van der Waals surface area contributed by atoms with Gasteiger partial charge in [0.1, 0.15) is 0 Å². The SMILES string of the molecule is O=C(OCCCO)C1CC2CC1C1C3C=CC(S3)C21. The molecule has 1 N–H and O–H groups in total. The average Bonchev–Trinajstić information content (AvgIpc) is 3.16. The van der Waals surface area contributed by atoms with Gasteiger partial charge >= 0.3 is 5.97 Å². The lowest BCUT2D eigenvalue weighted by Gasteiger charge is -2.34. The molecule has 19 heavy (non-hydrogen) atoms. The first-order valence-corrected chi connectivity index (χ1v) is 8.35. The van der Waals surface area contributed by atoms with Crippen LogP contribution < -0.4 is 0 Å². The fourth-order valence-electron chi connectivity index (χ4n) is 4.94. The number of carbonyl (C=O) groups excluding carboxylic acids is 1. The predicted molar refractivity (Wildman–Crippen MR) is 73.7 cm³/mol. The smallest absolute Gasteiger partial charge is 0.309 e. The Balaban J connectivity index is 1.45. The molecule has 2 saturated carbocycles. The van der Waals surface area contributed by atoms with Crippen molar-refractivity contribution in [3.63, 3.8) is 0 Å². The van der Waals surface area contributed by atoms with Crippen molar-refractivity contribution in [1.82, 2.24) is 0 Å². The number of hydrogen-bond acceptors (Lipinski definition) is 4. The van der Waals surface area contributed by atoms with Crippen LogP contribution in [-0.4, -0.2) is 34.8 Å². The Morgan fingerprint density at radius 3 is 2.84 bits per heavy atom. The molecule has 7 unspecified atom stereocenters. The lowest BCUT2D eigenvalue weighted by Crippen LogP contribution is -2.37. The van der Waals surface area contributed by atoms with Gasteiger partial charge in [-0.3, -0.25) is 4.79 Å². The highest BCUT2D eigenvalue weighted by molar-refractivity contribution is 8.01. The van der Waals surface area contributed by atoms with Gasteiger partial charge in [0.25, 0.3) is 0 Å². The minimum Gasteiger partial charge on any atom is -0.465 e. The molecule has 1 saturated heterocycles. The van der Waals surface area contributed by atoms with Gasteiger partial charge in [-0.2, -0.15) is 0 Å². The molecular formula is C15H20O3S. The molecule has 7 atom stereocenters. The molecule has 0 spiro atoms. The van der Waals surface area contributed by atoms with E-state index in [1.807, 2.05) is 0 Å². The van der Waals surface area contributed by atoms with Crippen LogP contribution in [0.5, 0.6) is 0 Å². The van der Waals surface area contributed by atoms with E-state index in [1.54, 1.807) is 0 Å². The maximum atomic E-state index is 12.2. The second-order valence-electron chi connectivity index (χ2n) is 6.35. The number of carbonyl (C=O) groups is 1. The molecule has 0 radical (unpaired) electrons. The molecule has 2 aliphatic carbocycles. The Bertz CT molecular complexity index is 422. The van der Waals surface area contributed by atoms with Crippen LogP contribution in [0.2, 0.25) is 0 Å². The highest BCUT2D eigenvalue weighted by Crippen LogP contribution is 2.66. The quantitative estimate of drug-likeness (QED) is 0.485. The van der Waals surface area contributed by atoms with Crippen LogP contribution in [0, 0.1) is 29.6 Å². The van der Waals surface area contributed by atoms with E-state index in [2.05, 4.69) is 23.9 Å². The predicted octanol–water partition coefficient (Wildman–Crippen LogP) is 1.85. The first-order chi connectivity index (χ1) is 9.29. The zero-order valence-corrected chi connectivity index (χ0v) is 11.7. The summed E-state index contributed by atoms with van der Waals surface area (Å²) in [5, 5.41) is 10.1. The maximum Gasteiger partial charge on any atom is 0.309 e. The van der Waals surface area contributed by atoms with Crippen LogP contribution in [-0.2, 0) is 9.53 Å². The summed E-state index contributed by atoms with van der Waals surface area (Å²) in [7, 11) is 0. The van der Waals surface area contributed by atoms with Crippen LogP contribution in [0.25, 0.3) is 0 Å². The Labute approximate surface area is 117 Å². The zero-order valence-electron chi connectivity index (χ0n) is 10.9. The van der Waals surface area contributed by atoms with Crippen molar-refractivity contribution in [3.05, 3.63) is 12.2 Å². The van der Waals surface area contributed by atoms with Gasteiger partial charge in [0.05, 0.1) is 12.5 Å². The highest BCUT2D eigenvalue weighted by Gasteiger charge is 2.63. The first-order valence-electron chi connectivity index (χ1n) is 7.41. The first kappa shape index (κ1) is 12.3. The molecule has 0 aromatic heterocycles. The summed E-state index contributed by atoms with van der Waals surface area (Å²) >= 11 is 2.11. The van der Waals surface area contributed by atoms with E-state index < -0.39 is 0 Å². The molecule has 0 aromatic carbocycles. The van der Waals surface area contributed by atoms with Crippen LogP contribution in [0.4, 0.5) is 0 Å². The Morgan fingerprint density at radius 1 is 1.26 bits per heavy atom. The summed E-state index contributed by atoms with van der Waals surface area (Å²) < 4.78 is 5.32. The summed E-state index contributed by atoms with van der Waals surface area (Å²) in [6.07, 6.45) is 7.60. The van der Waals surface area contributed by atoms with Crippen molar-refractivity contribution < 1.29 is 14.6 Å². The van der Waals surface area contributed by atoms with Crippen molar-refractivity contribution in [2.24, 2.45) is 29.6 Å². The van der Waals surface area contributed by atoms with Gasteiger partial charge in [-0.05, 0) is 36.5 Å². The highest BCUT2D eigenvalue weighted by atomic mass is 32.2. The summed E-state index contributed by atoms with van der Waals surface area (Å²) in [5.41, 5.74) is 0. The topological polar surface area (TPSA) is 46.5 Å². The van der Waals surface area contributed by atoms with Crippen LogP contribution in [0.3, 0.4) is 0 Å². The third-order valence-electron chi connectivity index (χ3n) is 5.54. The molecule has 3 fully saturated rings.